The first kappa shape index (κ1) is 16.5. The second-order valence-electron chi connectivity index (χ2n) is 7.66. The van der Waals surface area contributed by atoms with Crippen LogP contribution in [0.4, 0.5) is 0 Å². The van der Waals surface area contributed by atoms with Crippen LogP contribution < -0.4 is 5.56 Å². The van der Waals surface area contributed by atoms with Crippen LogP contribution in [0, 0.1) is 6.92 Å². The number of pyridine rings is 1. The largest absolute Gasteiger partial charge is 0.353 e. The van der Waals surface area contributed by atoms with Gasteiger partial charge in [0, 0.05) is 36.5 Å². The van der Waals surface area contributed by atoms with Crippen LogP contribution in [0.1, 0.15) is 35.2 Å². The molecule has 1 aromatic carbocycles. The van der Waals surface area contributed by atoms with Gasteiger partial charge in [-0.25, -0.2) is 0 Å². The minimum Gasteiger partial charge on any atom is -0.353 e. The number of nitrogens with one attached hydrogen (secondary N) is 1. The van der Waals surface area contributed by atoms with Gasteiger partial charge in [0.25, 0.3) is 5.91 Å². The van der Waals surface area contributed by atoms with E-state index in [2.05, 4.69) is 4.98 Å². The van der Waals surface area contributed by atoms with Crippen molar-refractivity contribution in [3.63, 3.8) is 0 Å². The molecule has 1 N–H and O–H groups in total. The van der Waals surface area contributed by atoms with Crippen LogP contribution in [0.5, 0.6) is 0 Å². The number of H-pyrrole nitrogens is 1. The van der Waals surface area contributed by atoms with Crippen LogP contribution in [-0.4, -0.2) is 58.1 Å². The van der Waals surface area contributed by atoms with Crippen molar-refractivity contribution >= 4 is 22.7 Å². The summed E-state index contributed by atoms with van der Waals surface area (Å²) in [6.07, 6.45) is 1.73. The van der Waals surface area contributed by atoms with Gasteiger partial charge in [0.2, 0.25) is 11.5 Å². The highest BCUT2D eigenvalue weighted by atomic mass is 16.5. The molecule has 3 saturated heterocycles. The van der Waals surface area contributed by atoms with Crippen molar-refractivity contribution in [2.45, 2.75) is 38.0 Å². The van der Waals surface area contributed by atoms with Gasteiger partial charge in [-0.15, -0.1) is 0 Å². The lowest BCUT2D eigenvalue weighted by Gasteiger charge is -2.42. The molecule has 3 fully saturated rings. The number of aryl methyl sites for hydroxylation is 1. The summed E-state index contributed by atoms with van der Waals surface area (Å²) >= 11 is 0. The molecule has 7 nitrogen and oxygen atoms in total. The van der Waals surface area contributed by atoms with Gasteiger partial charge < -0.3 is 19.5 Å². The van der Waals surface area contributed by atoms with E-state index in [0.29, 0.717) is 37.2 Å². The molecule has 4 heterocycles. The summed E-state index contributed by atoms with van der Waals surface area (Å²) in [5.74, 6) is -0.161. The lowest BCUT2D eigenvalue weighted by molar-refractivity contribution is -0.179. The van der Waals surface area contributed by atoms with Gasteiger partial charge in [-0.1, -0.05) is 11.6 Å². The number of likely N-dealkylation sites (tertiary alicyclic amines) is 1. The molecule has 3 aliphatic heterocycles. The highest BCUT2D eigenvalue weighted by Gasteiger charge is 2.61. The molecular weight excluding hydrogens is 346 g/mol. The molecule has 1 aromatic heterocycles. The molecule has 7 heteroatoms. The average Bonchev–Trinajstić information content (AvgIpc) is 3.13. The number of ether oxygens (including phenoxy) is 1. The number of amides is 2. The number of aromatic amines is 1. The summed E-state index contributed by atoms with van der Waals surface area (Å²) in [6.45, 7) is 3.76. The van der Waals surface area contributed by atoms with E-state index >= 15 is 0 Å². The molecule has 0 saturated carbocycles. The summed E-state index contributed by atoms with van der Waals surface area (Å²) < 4.78 is 6.07. The predicted octanol–water partition coefficient (Wildman–Crippen LogP) is 1.40. The Bertz CT molecular complexity index is 1030. The number of hydrogen-bond acceptors (Lipinski definition) is 4. The fraction of sp³-hybridized carbons (Fsp3) is 0.450. The molecule has 3 aliphatic rings. The number of nitrogens with zero attached hydrogens (tertiary/aromatic N) is 2. The van der Waals surface area contributed by atoms with E-state index in [1.165, 1.54) is 6.07 Å². The normalized spacial score (nSPS) is 27.1. The van der Waals surface area contributed by atoms with Crippen LogP contribution in [0.25, 0.3) is 10.9 Å². The minimum atomic E-state index is -0.683. The lowest BCUT2D eigenvalue weighted by atomic mass is 10.0. The van der Waals surface area contributed by atoms with E-state index in [1.807, 2.05) is 30.0 Å². The van der Waals surface area contributed by atoms with E-state index in [0.717, 1.165) is 17.4 Å². The maximum atomic E-state index is 13.4. The number of benzene rings is 1. The molecule has 2 aromatic rings. The van der Waals surface area contributed by atoms with E-state index in [-0.39, 0.29) is 29.8 Å². The first-order chi connectivity index (χ1) is 13.0. The number of rotatable bonds is 1. The Morgan fingerprint density at radius 3 is 2.96 bits per heavy atom. The first-order valence-electron chi connectivity index (χ1n) is 9.39. The second-order valence-corrected chi connectivity index (χ2v) is 7.66. The van der Waals surface area contributed by atoms with Crippen molar-refractivity contribution in [3.8, 4) is 0 Å². The molecule has 0 unspecified atom stereocenters. The second kappa shape index (κ2) is 5.66. The van der Waals surface area contributed by atoms with Gasteiger partial charge >= 0.3 is 0 Å². The zero-order valence-corrected chi connectivity index (χ0v) is 15.2. The number of aromatic nitrogens is 1. The quantitative estimate of drug-likeness (QED) is 0.826. The molecule has 1 spiro atoms. The highest BCUT2D eigenvalue weighted by Crippen LogP contribution is 2.45. The van der Waals surface area contributed by atoms with Gasteiger partial charge in [0.05, 0.1) is 24.6 Å². The van der Waals surface area contributed by atoms with Crippen molar-refractivity contribution in [2.75, 3.05) is 19.7 Å². The zero-order chi connectivity index (χ0) is 18.8. The number of hydrogen-bond donors (Lipinski definition) is 1. The Balaban J connectivity index is 1.58. The molecule has 2 amide bonds. The summed E-state index contributed by atoms with van der Waals surface area (Å²) in [5, 5.41) is 0.728. The number of carbonyl (C=O) groups is 2. The first-order valence-corrected chi connectivity index (χ1v) is 9.39. The lowest BCUT2D eigenvalue weighted by Crippen LogP contribution is -2.56. The molecule has 0 bridgehead atoms. The number of fused-ring (bicyclic) bond motifs is 1. The van der Waals surface area contributed by atoms with Crippen molar-refractivity contribution in [1.82, 2.24) is 14.8 Å². The Hall–Kier alpha value is -2.67. The Labute approximate surface area is 155 Å². The van der Waals surface area contributed by atoms with Gasteiger partial charge in [-0.05, 0) is 25.5 Å². The van der Waals surface area contributed by atoms with Crippen LogP contribution >= 0.6 is 0 Å². The smallest absolute Gasteiger partial charge is 0.255 e. The summed E-state index contributed by atoms with van der Waals surface area (Å²) in [5.41, 5.74) is 1.05. The highest BCUT2D eigenvalue weighted by molar-refractivity contribution is 6.06. The third-order valence-corrected chi connectivity index (χ3v) is 6.10. The van der Waals surface area contributed by atoms with Crippen molar-refractivity contribution in [1.29, 1.82) is 0 Å². The topological polar surface area (TPSA) is 82.7 Å². The SMILES string of the molecule is Cc1ccc2[nH]c(=O)cc(C(=O)N3CC[C@@]45OCCCN4C(=O)C[C@@H]35)c2c1. The molecule has 27 heavy (non-hydrogen) atoms. The van der Waals surface area contributed by atoms with Crippen LogP contribution in [0.15, 0.2) is 29.1 Å². The van der Waals surface area contributed by atoms with Crippen molar-refractivity contribution < 1.29 is 14.3 Å². The summed E-state index contributed by atoms with van der Waals surface area (Å²) in [4.78, 5) is 44.4. The fourth-order valence-electron chi connectivity index (χ4n) is 4.89. The van der Waals surface area contributed by atoms with E-state index in [9.17, 15) is 14.4 Å². The third-order valence-electron chi connectivity index (χ3n) is 6.10. The molecule has 0 aliphatic carbocycles. The molecular formula is C20H21N3O4. The van der Waals surface area contributed by atoms with Gasteiger partial charge in [0.15, 0.2) is 5.72 Å². The molecule has 5 rings (SSSR count). The van der Waals surface area contributed by atoms with Gasteiger partial charge in [-0.2, -0.15) is 0 Å². The summed E-state index contributed by atoms with van der Waals surface area (Å²) in [7, 11) is 0. The standard InChI is InChI=1S/C20H21N3O4/c1-12-3-4-15-13(9-12)14(10-17(24)21-15)19(26)22-7-5-20-16(22)11-18(25)23(20)6-2-8-27-20/h3-4,9-10,16H,2,5-8,11H2,1H3,(H,21,24)/t16-,20+/m1/s1. The minimum absolute atomic E-state index is 0.0452. The van der Waals surface area contributed by atoms with E-state index in [1.54, 1.807) is 4.90 Å². The van der Waals surface area contributed by atoms with Gasteiger partial charge in [-0.3, -0.25) is 14.4 Å². The monoisotopic (exact) mass is 367 g/mol. The van der Waals surface area contributed by atoms with E-state index < -0.39 is 5.72 Å². The Kier molecular flexibility index (Phi) is 3.46. The fourth-order valence-corrected chi connectivity index (χ4v) is 4.89. The van der Waals surface area contributed by atoms with Crippen LogP contribution in [-0.2, 0) is 9.53 Å². The van der Waals surface area contributed by atoms with Crippen LogP contribution in [0.2, 0.25) is 0 Å². The average molecular weight is 367 g/mol. The third kappa shape index (κ3) is 2.27. The molecule has 2 atom stereocenters. The Morgan fingerprint density at radius 2 is 2.11 bits per heavy atom. The van der Waals surface area contributed by atoms with Crippen molar-refractivity contribution in [3.05, 3.63) is 45.7 Å². The molecule has 0 radical (unpaired) electrons. The summed E-state index contributed by atoms with van der Waals surface area (Å²) in [6, 6.07) is 6.70. The number of carbonyl (C=O) groups excluding carboxylic acids is 2. The Morgan fingerprint density at radius 1 is 1.26 bits per heavy atom. The molecule has 140 valence electrons. The zero-order valence-electron chi connectivity index (χ0n) is 15.2. The maximum Gasteiger partial charge on any atom is 0.255 e. The maximum absolute atomic E-state index is 13.4. The van der Waals surface area contributed by atoms with Crippen LogP contribution in [0.3, 0.4) is 0 Å². The predicted molar refractivity (Wildman–Crippen MR) is 98.4 cm³/mol. The van der Waals surface area contributed by atoms with Crippen molar-refractivity contribution in [2.24, 2.45) is 0 Å². The van der Waals surface area contributed by atoms with Gasteiger partial charge in [0.1, 0.15) is 0 Å². The van der Waals surface area contributed by atoms with E-state index in [4.69, 9.17) is 4.74 Å².